The Labute approximate surface area is 255 Å². The van der Waals surface area contributed by atoms with Gasteiger partial charge in [0.05, 0.1) is 47.2 Å². The van der Waals surface area contributed by atoms with Crippen LogP contribution in [-0.4, -0.2) is 105 Å². The molecular weight excluding hydrogens is 536 g/mol. The van der Waals surface area contributed by atoms with Gasteiger partial charge in [-0.2, -0.15) is 0 Å². The van der Waals surface area contributed by atoms with Crippen LogP contribution in [-0.2, 0) is 19.2 Å². The summed E-state index contributed by atoms with van der Waals surface area (Å²) in [5, 5.41) is 25.5. The SMILES string of the molecule is C[N+](C)(CCCNC(=O)CCCCCCC/C=C/CCCCCCCC(=O)NCCC[N+](C)(C)CC(=O)O)CC(=O)[O-]. The fourth-order valence-electron chi connectivity index (χ4n) is 4.91. The van der Waals surface area contributed by atoms with Gasteiger partial charge in [-0.1, -0.05) is 50.7 Å². The number of unbranched alkanes of at least 4 members (excludes halogenated alkanes) is 10. The highest BCUT2D eigenvalue weighted by Crippen LogP contribution is 2.10. The summed E-state index contributed by atoms with van der Waals surface area (Å²) in [6.07, 6.45) is 20.5. The van der Waals surface area contributed by atoms with Crippen LogP contribution in [0.25, 0.3) is 0 Å². The van der Waals surface area contributed by atoms with Gasteiger partial charge in [-0.3, -0.25) is 9.59 Å². The van der Waals surface area contributed by atoms with Gasteiger partial charge in [0.15, 0.2) is 6.54 Å². The van der Waals surface area contributed by atoms with E-state index in [9.17, 15) is 24.3 Å². The summed E-state index contributed by atoms with van der Waals surface area (Å²) < 4.78 is 0.779. The van der Waals surface area contributed by atoms with Crippen molar-refractivity contribution >= 4 is 23.8 Å². The third-order valence-corrected chi connectivity index (χ3v) is 7.36. The number of carboxylic acid groups (broad SMARTS) is 2. The molecule has 10 heteroatoms. The van der Waals surface area contributed by atoms with Crippen LogP contribution in [0.4, 0.5) is 0 Å². The number of carboxylic acids is 2. The van der Waals surface area contributed by atoms with Crippen LogP contribution in [0.3, 0.4) is 0 Å². The molecule has 244 valence electrons. The lowest BCUT2D eigenvalue weighted by molar-refractivity contribution is -0.884. The van der Waals surface area contributed by atoms with E-state index in [0.29, 0.717) is 41.4 Å². The van der Waals surface area contributed by atoms with Crippen LogP contribution < -0.4 is 15.7 Å². The standard InChI is InChI=1S/C32H60N4O6/c1-35(2,27-31(39)40)25-19-23-33-29(37)21-17-15-13-11-9-7-5-6-8-10-12-14-16-18-22-30(38)34-24-20-26-36(3,4)28-32(41)42/h5-6H,7-28H2,1-4H3,(H2-2,33,34,37,38,39,40,41,42)/p+1/b6-5+. The molecule has 0 aromatic carbocycles. The molecule has 10 nitrogen and oxygen atoms in total. The molecule has 0 rings (SSSR count). The van der Waals surface area contributed by atoms with Crippen molar-refractivity contribution in [1.82, 2.24) is 10.6 Å². The van der Waals surface area contributed by atoms with Crippen molar-refractivity contribution in [3.05, 3.63) is 12.2 Å². The third-order valence-electron chi connectivity index (χ3n) is 7.36. The Kier molecular flexibility index (Phi) is 22.6. The molecule has 0 aliphatic heterocycles. The minimum absolute atomic E-state index is 0.0180. The number of hydrogen-bond donors (Lipinski definition) is 3. The summed E-state index contributed by atoms with van der Waals surface area (Å²) >= 11 is 0. The van der Waals surface area contributed by atoms with E-state index in [2.05, 4.69) is 22.8 Å². The van der Waals surface area contributed by atoms with Crippen LogP contribution in [0.5, 0.6) is 0 Å². The molecule has 0 bridgehead atoms. The fraction of sp³-hybridized carbons (Fsp3) is 0.812. The van der Waals surface area contributed by atoms with E-state index in [1.165, 1.54) is 25.7 Å². The lowest BCUT2D eigenvalue weighted by Crippen LogP contribution is -2.49. The summed E-state index contributed by atoms with van der Waals surface area (Å²) in [6, 6.07) is 0. The number of allylic oxidation sites excluding steroid dienone is 2. The summed E-state index contributed by atoms with van der Waals surface area (Å²) in [5.41, 5.74) is 0. The maximum atomic E-state index is 11.9. The number of rotatable bonds is 28. The average Bonchev–Trinajstić information content (AvgIpc) is 2.87. The quantitative estimate of drug-likeness (QED) is 0.0721. The van der Waals surface area contributed by atoms with Gasteiger partial charge in [-0.15, -0.1) is 0 Å². The summed E-state index contributed by atoms with van der Waals surface area (Å²) in [4.78, 5) is 45.5. The molecule has 2 amide bonds. The summed E-state index contributed by atoms with van der Waals surface area (Å²) in [6.45, 7) is 2.67. The van der Waals surface area contributed by atoms with E-state index < -0.39 is 11.9 Å². The number of quaternary nitrogens is 2. The van der Waals surface area contributed by atoms with E-state index >= 15 is 0 Å². The minimum atomic E-state index is -1.05. The van der Waals surface area contributed by atoms with Crippen molar-refractivity contribution in [3.8, 4) is 0 Å². The first-order chi connectivity index (χ1) is 19.8. The minimum Gasteiger partial charge on any atom is -0.544 e. The molecule has 0 aromatic heterocycles. The fourth-order valence-corrected chi connectivity index (χ4v) is 4.91. The largest absolute Gasteiger partial charge is 0.544 e. The lowest BCUT2D eigenvalue weighted by Gasteiger charge is -2.30. The van der Waals surface area contributed by atoms with Gasteiger partial charge in [0.1, 0.15) is 6.54 Å². The zero-order chi connectivity index (χ0) is 31.7. The highest BCUT2D eigenvalue weighted by atomic mass is 16.4. The highest BCUT2D eigenvalue weighted by molar-refractivity contribution is 5.76. The Bertz CT molecular complexity index is 734. The van der Waals surface area contributed by atoms with Crippen LogP contribution in [0, 0.1) is 0 Å². The van der Waals surface area contributed by atoms with Gasteiger partial charge < -0.3 is 34.6 Å². The molecule has 0 radical (unpaired) electrons. The molecule has 42 heavy (non-hydrogen) atoms. The number of amides is 2. The van der Waals surface area contributed by atoms with Crippen molar-refractivity contribution in [2.24, 2.45) is 0 Å². The maximum absolute atomic E-state index is 11.9. The highest BCUT2D eigenvalue weighted by Gasteiger charge is 2.18. The number of nitrogens with one attached hydrogen (secondary N) is 2. The second-order valence-electron chi connectivity index (χ2n) is 12.9. The van der Waals surface area contributed by atoms with Gasteiger partial charge in [-0.05, 0) is 38.5 Å². The van der Waals surface area contributed by atoms with Gasteiger partial charge in [0.25, 0.3) is 0 Å². The molecule has 3 N–H and O–H groups in total. The summed E-state index contributed by atoms with van der Waals surface area (Å²) in [5.74, 6) is -1.68. The van der Waals surface area contributed by atoms with Crippen LogP contribution in [0.1, 0.15) is 103 Å². The molecule has 0 unspecified atom stereocenters. The van der Waals surface area contributed by atoms with Crippen molar-refractivity contribution in [2.45, 2.75) is 103 Å². The molecule has 0 saturated carbocycles. The Morgan fingerprint density at radius 3 is 1.38 bits per heavy atom. The van der Waals surface area contributed by atoms with Crippen LogP contribution in [0.15, 0.2) is 12.2 Å². The first-order valence-corrected chi connectivity index (χ1v) is 16.1. The predicted octanol–water partition coefficient (Wildman–Crippen LogP) is 3.00. The van der Waals surface area contributed by atoms with E-state index in [1.807, 2.05) is 28.2 Å². The Morgan fingerprint density at radius 2 is 0.976 bits per heavy atom. The molecule has 0 spiro atoms. The Hall–Kier alpha value is -2.46. The van der Waals surface area contributed by atoms with Gasteiger partial charge in [0, 0.05) is 38.8 Å². The van der Waals surface area contributed by atoms with E-state index in [1.54, 1.807) is 0 Å². The number of nitrogens with zero attached hydrogens (tertiary/aromatic N) is 2. The van der Waals surface area contributed by atoms with Crippen LogP contribution >= 0.6 is 0 Å². The number of carbonyl (C=O) groups is 4. The molecule has 0 atom stereocenters. The zero-order valence-corrected chi connectivity index (χ0v) is 27.1. The number of aliphatic carboxylic acids is 2. The molecule has 0 heterocycles. The molecule has 0 aliphatic rings. The van der Waals surface area contributed by atoms with Gasteiger partial charge in [-0.25, -0.2) is 4.79 Å². The first-order valence-electron chi connectivity index (χ1n) is 16.1. The van der Waals surface area contributed by atoms with Crippen molar-refractivity contribution in [2.75, 3.05) is 67.5 Å². The van der Waals surface area contributed by atoms with Crippen molar-refractivity contribution in [3.63, 3.8) is 0 Å². The number of likely N-dealkylation sites (N-methyl/N-ethyl adjacent to an activating group) is 2. The second-order valence-corrected chi connectivity index (χ2v) is 12.9. The normalized spacial score (nSPS) is 12.0. The van der Waals surface area contributed by atoms with E-state index in [-0.39, 0.29) is 24.9 Å². The topological polar surface area (TPSA) is 136 Å². The molecule has 0 fully saturated rings. The van der Waals surface area contributed by atoms with Crippen molar-refractivity contribution in [1.29, 1.82) is 0 Å². The second kappa shape index (κ2) is 24.0. The molecular formula is C32H61N4O6+. The maximum Gasteiger partial charge on any atom is 0.359 e. The number of hydrogen-bond acceptors (Lipinski definition) is 5. The molecule has 0 saturated heterocycles. The Morgan fingerprint density at radius 1 is 0.595 bits per heavy atom. The first kappa shape index (κ1) is 39.5. The predicted molar refractivity (Wildman–Crippen MR) is 165 cm³/mol. The molecule has 0 aliphatic carbocycles. The van der Waals surface area contributed by atoms with Gasteiger partial charge in [0.2, 0.25) is 11.8 Å². The monoisotopic (exact) mass is 597 g/mol. The van der Waals surface area contributed by atoms with E-state index in [0.717, 1.165) is 70.8 Å². The third kappa shape index (κ3) is 27.7. The van der Waals surface area contributed by atoms with Crippen molar-refractivity contribution < 1.29 is 38.4 Å². The Balaban J connectivity index is 3.47. The lowest BCUT2D eigenvalue weighted by atomic mass is 10.1. The van der Waals surface area contributed by atoms with Crippen LogP contribution in [0.2, 0.25) is 0 Å². The smallest absolute Gasteiger partial charge is 0.359 e. The molecule has 0 aromatic rings. The van der Waals surface area contributed by atoms with E-state index in [4.69, 9.17) is 5.11 Å². The van der Waals surface area contributed by atoms with Gasteiger partial charge >= 0.3 is 5.97 Å². The average molecular weight is 598 g/mol. The zero-order valence-electron chi connectivity index (χ0n) is 27.1. The summed E-state index contributed by atoms with van der Waals surface area (Å²) in [7, 11) is 7.48. The number of carbonyl (C=O) groups excluding carboxylic acids is 3.